The van der Waals surface area contributed by atoms with E-state index in [9.17, 15) is 9.18 Å². The summed E-state index contributed by atoms with van der Waals surface area (Å²) in [4.78, 5) is 16.0. The van der Waals surface area contributed by atoms with E-state index in [-0.39, 0.29) is 23.0 Å². The summed E-state index contributed by atoms with van der Waals surface area (Å²) in [5, 5.41) is 3.51. The Labute approximate surface area is 103 Å². The van der Waals surface area contributed by atoms with Gasteiger partial charge < -0.3 is 11.1 Å². The molecule has 1 aliphatic carbocycles. The van der Waals surface area contributed by atoms with Crippen molar-refractivity contribution in [3.63, 3.8) is 0 Å². The molecule has 0 spiro atoms. The summed E-state index contributed by atoms with van der Waals surface area (Å²) in [6.45, 7) is 0. The number of aromatic nitrogens is 1. The normalized spacial score (nSPS) is 14.7. The Balaban J connectivity index is 2.16. The number of carbonyl (C=O) groups is 1. The number of nitrogens with two attached hydrogens (primary N) is 1. The highest BCUT2D eigenvalue weighted by atomic mass is 19.1. The highest BCUT2D eigenvalue weighted by molar-refractivity contribution is 6.08. The molecule has 1 fully saturated rings. The molecule has 1 aromatic carbocycles. The molecule has 18 heavy (non-hydrogen) atoms. The summed E-state index contributed by atoms with van der Waals surface area (Å²) in [6.07, 6.45) is 3.42. The minimum absolute atomic E-state index is 0.101. The number of nitrogen functional groups attached to an aromatic ring is 1. The van der Waals surface area contributed by atoms with Crippen molar-refractivity contribution >= 4 is 22.4 Å². The zero-order valence-corrected chi connectivity index (χ0v) is 9.61. The summed E-state index contributed by atoms with van der Waals surface area (Å²) in [5.74, 6) is -0.819. The first-order chi connectivity index (χ1) is 8.66. The van der Waals surface area contributed by atoms with Gasteiger partial charge in [-0.15, -0.1) is 0 Å². The number of fused-ring (bicyclic) bond motifs is 1. The van der Waals surface area contributed by atoms with Crippen molar-refractivity contribution in [2.45, 2.75) is 18.9 Å². The molecule has 2 aromatic rings. The second-order valence-electron chi connectivity index (χ2n) is 4.47. The van der Waals surface area contributed by atoms with Crippen LogP contribution in [0.1, 0.15) is 23.3 Å². The fourth-order valence-electron chi connectivity index (χ4n) is 1.93. The van der Waals surface area contributed by atoms with Gasteiger partial charge in [0.05, 0.1) is 5.39 Å². The van der Waals surface area contributed by atoms with Crippen LogP contribution in [-0.4, -0.2) is 16.9 Å². The van der Waals surface area contributed by atoms with E-state index >= 15 is 0 Å². The van der Waals surface area contributed by atoms with Gasteiger partial charge in [-0.05, 0) is 31.0 Å². The fourth-order valence-corrected chi connectivity index (χ4v) is 1.93. The lowest BCUT2D eigenvalue weighted by Gasteiger charge is -2.08. The molecule has 1 aliphatic rings. The largest absolute Gasteiger partial charge is 0.398 e. The lowest BCUT2D eigenvalue weighted by molar-refractivity contribution is 0.0947. The molecule has 0 saturated heterocycles. The molecule has 0 unspecified atom stereocenters. The molecule has 1 aromatic heterocycles. The van der Waals surface area contributed by atoms with Gasteiger partial charge in [0.1, 0.15) is 11.5 Å². The zero-order chi connectivity index (χ0) is 12.7. The SMILES string of the molecule is Nc1ccc(F)c2c(C(=O)NC3CC3)nccc12. The third-order valence-corrected chi connectivity index (χ3v) is 3.04. The van der Waals surface area contributed by atoms with E-state index in [2.05, 4.69) is 10.3 Å². The monoisotopic (exact) mass is 245 g/mol. The summed E-state index contributed by atoms with van der Waals surface area (Å²) in [5.41, 5.74) is 6.32. The maximum Gasteiger partial charge on any atom is 0.270 e. The predicted octanol–water partition coefficient (Wildman–Crippen LogP) is 1.85. The van der Waals surface area contributed by atoms with E-state index in [1.165, 1.54) is 18.3 Å². The maximum absolute atomic E-state index is 13.9. The lowest BCUT2D eigenvalue weighted by atomic mass is 10.1. The quantitative estimate of drug-likeness (QED) is 0.793. The van der Waals surface area contributed by atoms with Crippen molar-refractivity contribution in [2.24, 2.45) is 0 Å². The van der Waals surface area contributed by atoms with Crippen molar-refractivity contribution in [3.8, 4) is 0 Å². The third kappa shape index (κ3) is 1.77. The van der Waals surface area contributed by atoms with Crippen LogP contribution in [0.5, 0.6) is 0 Å². The minimum Gasteiger partial charge on any atom is -0.398 e. The molecule has 0 bridgehead atoms. The Kier molecular flexibility index (Phi) is 2.40. The summed E-state index contributed by atoms with van der Waals surface area (Å²) < 4.78 is 13.9. The number of benzene rings is 1. The van der Waals surface area contributed by atoms with Crippen molar-refractivity contribution in [1.29, 1.82) is 0 Å². The van der Waals surface area contributed by atoms with Gasteiger partial charge in [0.2, 0.25) is 0 Å². The van der Waals surface area contributed by atoms with Crippen molar-refractivity contribution < 1.29 is 9.18 Å². The molecule has 1 amide bonds. The molecule has 1 saturated carbocycles. The van der Waals surface area contributed by atoms with Crippen LogP contribution >= 0.6 is 0 Å². The Hall–Kier alpha value is -2.17. The van der Waals surface area contributed by atoms with Gasteiger partial charge in [0.15, 0.2) is 0 Å². The van der Waals surface area contributed by atoms with Crippen molar-refractivity contribution in [1.82, 2.24) is 10.3 Å². The van der Waals surface area contributed by atoms with Crippen molar-refractivity contribution in [3.05, 3.63) is 35.9 Å². The van der Waals surface area contributed by atoms with Crippen LogP contribution in [0, 0.1) is 5.82 Å². The number of hydrogen-bond acceptors (Lipinski definition) is 3. The minimum atomic E-state index is -0.478. The standard InChI is InChI=1S/C13H12FN3O/c14-9-3-4-10(15)8-5-6-16-12(11(8)9)13(18)17-7-1-2-7/h3-7H,1-2,15H2,(H,17,18). The molecular weight excluding hydrogens is 233 g/mol. The smallest absolute Gasteiger partial charge is 0.270 e. The number of carbonyl (C=O) groups excluding carboxylic acids is 1. The van der Waals surface area contributed by atoms with Crippen LogP contribution < -0.4 is 11.1 Å². The Morgan fingerprint density at radius 2 is 2.17 bits per heavy atom. The topological polar surface area (TPSA) is 68.0 Å². The van der Waals surface area contributed by atoms with Gasteiger partial charge in [-0.25, -0.2) is 4.39 Å². The van der Waals surface area contributed by atoms with E-state index < -0.39 is 5.82 Å². The van der Waals surface area contributed by atoms with Gasteiger partial charge in [-0.3, -0.25) is 9.78 Å². The zero-order valence-electron chi connectivity index (χ0n) is 9.61. The van der Waals surface area contributed by atoms with Crippen LogP contribution in [0.15, 0.2) is 24.4 Å². The summed E-state index contributed by atoms with van der Waals surface area (Å²) in [7, 11) is 0. The molecular formula is C13H12FN3O. The van der Waals surface area contributed by atoms with Crippen LogP contribution in [0.4, 0.5) is 10.1 Å². The highest BCUT2D eigenvalue weighted by Crippen LogP contribution is 2.26. The second kappa shape index (κ2) is 3.94. The molecule has 3 rings (SSSR count). The van der Waals surface area contributed by atoms with Crippen LogP contribution in [0.2, 0.25) is 0 Å². The molecule has 4 nitrogen and oxygen atoms in total. The molecule has 1 heterocycles. The van der Waals surface area contributed by atoms with Gasteiger partial charge in [-0.2, -0.15) is 0 Å². The summed E-state index contributed by atoms with van der Waals surface area (Å²) >= 11 is 0. The van der Waals surface area contributed by atoms with E-state index in [1.807, 2.05) is 0 Å². The second-order valence-corrected chi connectivity index (χ2v) is 4.47. The maximum atomic E-state index is 13.9. The Morgan fingerprint density at radius 3 is 2.89 bits per heavy atom. The number of nitrogens with zero attached hydrogens (tertiary/aromatic N) is 1. The number of nitrogens with one attached hydrogen (secondary N) is 1. The van der Waals surface area contributed by atoms with E-state index in [0.29, 0.717) is 11.1 Å². The predicted molar refractivity (Wildman–Crippen MR) is 66.6 cm³/mol. The number of hydrogen-bond donors (Lipinski definition) is 2. The first kappa shape index (κ1) is 11.0. The molecule has 0 aliphatic heterocycles. The highest BCUT2D eigenvalue weighted by Gasteiger charge is 2.25. The van der Waals surface area contributed by atoms with Gasteiger partial charge >= 0.3 is 0 Å². The number of rotatable bonds is 2. The van der Waals surface area contributed by atoms with Gasteiger partial charge in [0, 0.05) is 23.3 Å². The van der Waals surface area contributed by atoms with Crippen LogP contribution in [0.25, 0.3) is 10.8 Å². The molecule has 3 N–H and O–H groups in total. The number of halogens is 1. The molecule has 5 heteroatoms. The third-order valence-electron chi connectivity index (χ3n) is 3.04. The van der Waals surface area contributed by atoms with E-state index in [0.717, 1.165) is 12.8 Å². The first-order valence-corrected chi connectivity index (χ1v) is 5.80. The van der Waals surface area contributed by atoms with E-state index in [4.69, 9.17) is 5.73 Å². The average Bonchev–Trinajstić information content (AvgIpc) is 3.17. The molecule has 0 atom stereocenters. The van der Waals surface area contributed by atoms with Gasteiger partial charge in [0.25, 0.3) is 5.91 Å². The molecule has 92 valence electrons. The summed E-state index contributed by atoms with van der Waals surface area (Å²) in [6, 6.07) is 4.56. The number of anilines is 1. The number of pyridine rings is 1. The Morgan fingerprint density at radius 1 is 1.39 bits per heavy atom. The first-order valence-electron chi connectivity index (χ1n) is 5.80. The van der Waals surface area contributed by atoms with Crippen LogP contribution in [-0.2, 0) is 0 Å². The average molecular weight is 245 g/mol. The van der Waals surface area contributed by atoms with Crippen molar-refractivity contribution in [2.75, 3.05) is 5.73 Å². The Bertz CT molecular complexity index is 637. The fraction of sp³-hybridized carbons (Fsp3) is 0.231. The lowest BCUT2D eigenvalue weighted by Crippen LogP contribution is -2.26. The number of amides is 1. The van der Waals surface area contributed by atoms with Crippen LogP contribution in [0.3, 0.4) is 0 Å². The molecule has 0 radical (unpaired) electrons. The van der Waals surface area contributed by atoms with Gasteiger partial charge in [-0.1, -0.05) is 0 Å². The van der Waals surface area contributed by atoms with E-state index in [1.54, 1.807) is 6.07 Å².